The molecule has 1 amide bonds. The van der Waals surface area contributed by atoms with Gasteiger partial charge in [-0.15, -0.1) is 0 Å². The van der Waals surface area contributed by atoms with E-state index < -0.39 is 0 Å². The van der Waals surface area contributed by atoms with E-state index in [9.17, 15) is 9.18 Å². The number of carbonyl (C=O) groups is 1. The maximum absolute atomic E-state index is 13.0. The zero-order chi connectivity index (χ0) is 17.3. The molecule has 2 fully saturated rings. The highest BCUT2D eigenvalue weighted by atomic mass is 19.1. The Kier molecular flexibility index (Phi) is 4.30. The van der Waals surface area contributed by atoms with E-state index in [0.717, 1.165) is 37.1 Å². The van der Waals surface area contributed by atoms with Crippen LogP contribution >= 0.6 is 0 Å². The van der Waals surface area contributed by atoms with Gasteiger partial charge >= 0.3 is 0 Å². The van der Waals surface area contributed by atoms with Crippen LogP contribution in [0.5, 0.6) is 0 Å². The summed E-state index contributed by atoms with van der Waals surface area (Å²) in [7, 11) is 0. The number of hydrogen-bond acceptors (Lipinski definition) is 2. The van der Waals surface area contributed by atoms with Crippen LogP contribution in [0.25, 0.3) is 0 Å². The number of amides is 1. The van der Waals surface area contributed by atoms with E-state index in [0.29, 0.717) is 13.0 Å². The van der Waals surface area contributed by atoms with Crippen LogP contribution < -0.4 is 0 Å². The third kappa shape index (κ3) is 3.59. The fourth-order valence-electron chi connectivity index (χ4n) is 3.95. The van der Waals surface area contributed by atoms with Gasteiger partial charge in [-0.2, -0.15) is 0 Å². The molecule has 4 heteroatoms. The Balaban J connectivity index is 1.28. The van der Waals surface area contributed by atoms with Gasteiger partial charge in [0, 0.05) is 18.5 Å². The fraction of sp³-hybridized carbons (Fsp3) is 0.381. The van der Waals surface area contributed by atoms with E-state index in [4.69, 9.17) is 4.74 Å². The van der Waals surface area contributed by atoms with Crippen molar-refractivity contribution in [2.75, 3.05) is 19.7 Å². The predicted molar refractivity (Wildman–Crippen MR) is 93.6 cm³/mol. The summed E-state index contributed by atoms with van der Waals surface area (Å²) in [4.78, 5) is 14.3. The number of hydrogen-bond donors (Lipinski definition) is 0. The number of benzene rings is 2. The SMILES string of the molecule is O=C(Cc1ccccc1)N1CC2(CO[C@H](Cc3ccc(F)cc3)C2)C1. The van der Waals surface area contributed by atoms with Gasteiger partial charge in [-0.3, -0.25) is 4.79 Å². The Labute approximate surface area is 147 Å². The quantitative estimate of drug-likeness (QED) is 0.856. The van der Waals surface area contributed by atoms with Crippen LogP contribution in [-0.4, -0.2) is 36.6 Å². The summed E-state index contributed by atoms with van der Waals surface area (Å²) >= 11 is 0. The normalized spacial score (nSPS) is 21.3. The first-order valence-electron chi connectivity index (χ1n) is 8.80. The summed E-state index contributed by atoms with van der Waals surface area (Å²) in [6, 6.07) is 16.5. The van der Waals surface area contributed by atoms with Gasteiger partial charge < -0.3 is 9.64 Å². The fourth-order valence-corrected chi connectivity index (χ4v) is 3.95. The van der Waals surface area contributed by atoms with Gasteiger partial charge in [-0.1, -0.05) is 42.5 Å². The molecule has 3 nitrogen and oxygen atoms in total. The van der Waals surface area contributed by atoms with E-state index in [1.165, 1.54) is 12.1 Å². The van der Waals surface area contributed by atoms with Crippen molar-refractivity contribution in [2.24, 2.45) is 5.41 Å². The molecule has 1 atom stereocenters. The zero-order valence-corrected chi connectivity index (χ0v) is 14.2. The maximum atomic E-state index is 13.0. The van der Waals surface area contributed by atoms with Gasteiger partial charge in [-0.05, 0) is 36.1 Å². The van der Waals surface area contributed by atoms with Crippen molar-refractivity contribution < 1.29 is 13.9 Å². The molecule has 0 unspecified atom stereocenters. The van der Waals surface area contributed by atoms with Crippen LogP contribution in [0.1, 0.15) is 17.5 Å². The van der Waals surface area contributed by atoms with Crippen molar-refractivity contribution in [1.29, 1.82) is 0 Å². The Hall–Kier alpha value is -2.20. The maximum Gasteiger partial charge on any atom is 0.227 e. The number of ether oxygens (including phenoxy) is 1. The summed E-state index contributed by atoms with van der Waals surface area (Å²) in [6.45, 7) is 2.30. The van der Waals surface area contributed by atoms with Crippen LogP contribution in [0.2, 0.25) is 0 Å². The van der Waals surface area contributed by atoms with Gasteiger partial charge in [0.05, 0.1) is 19.1 Å². The van der Waals surface area contributed by atoms with Crippen LogP contribution in [0.4, 0.5) is 4.39 Å². The van der Waals surface area contributed by atoms with Gasteiger partial charge in [-0.25, -0.2) is 4.39 Å². The lowest BCUT2D eigenvalue weighted by Gasteiger charge is -2.47. The first-order valence-corrected chi connectivity index (χ1v) is 8.80. The van der Waals surface area contributed by atoms with E-state index >= 15 is 0 Å². The third-order valence-electron chi connectivity index (χ3n) is 5.27. The highest BCUT2D eigenvalue weighted by molar-refractivity contribution is 5.79. The topological polar surface area (TPSA) is 29.5 Å². The largest absolute Gasteiger partial charge is 0.377 e. The molecule has 130 valence electrons. The third-order valence-corrected chi connectivity index (χ3v) is 5.27. The van der Waals surface area contributed by atoms with Crippen molar-refractivity contribution >= 4 is 5.91 Å². The predicted octanol–water partition coefficient (Wildman–Crippen LogP) is 3.23. The van der Waals surface area contributed by atoms with Crippen LogP contribution in [0.15, 0.2) is 54.6 Å². The van der Waals surface area contributed by atoms with E-state index in [-0.39, 0.29) is 23.2 Å². The number of likely N-dealkylation sites (tertiary alicyclic amines) is 1. The molecule has 2 aromatic carbocycles. The van der Waals surface area contributed by atoms with Crippen molar-refractivity contribution in [2.45, 2.75) is 25.4 Å². The number of nitrogens with zero attached hydrogens (tertiary/aromatic N) is 1. The summed E-state index contributed by atoms with van der Waals surface area (Å²) in [5.74, 6) is -0.0158. The second-order valence-electron chi connectivity index (χ2n) is 7.38. The smallest absolute Gasteiger partial charge is 0.227 e. The first-order chi connectivity index (χ1) is 12.1. The number of carbonyl (C=O) groups excluding carboxylic acids is 1. The van der Waals surface area contributed by atoms with Gasteiger partial charge in [0.15, 0.2) is 0 Å². The molecule has 2 saturated heterocycles. The van der Waals surface area contributed by atoms with Crippen molar-refractivity contribution in [1.82, 2.24) is 4.90 Å². The monoisotopic (exact) mass is 339 g/mol. The molecule has 2 aliphatic rings. The van der Waals surface area contributed by atoms with E-state index in [2.05, 4.69) is 0 Å². The Morgan fingerprint density at radius 2 is 1.80 bits per heavy atom. The first kappa shape index (κ1) is 16.3. The molecule has 0 aromatic heterocycles. The molecule has 0 bridgehead atoms. The lowest BCUT2D eigenvalue weighted by Crippen LogP contribution is -2.59. The average Bonchev–Trinajstić information content (AvgIpc) is 3.01. The summed E-state index contributed by atoms with van der Waals surface area (Å²) in [5.41, 5.74) is 2.28. The zero-order valence-electron chi connectivity index (χ0n) is 14.2. The second-order valence-corrected chi connectivity index (χ2v) is 7.38. The highest BCUT2D eigenvalue weighted by Crippen LogP contribution is 2.42. The molecular formula is C21H22FNO2. The summed E-state index contributed by atoms with van der Waals surface area (Å²) < 4.78 is 19.0. The number of rotatable bonds is 4. The van der Waals surface area contributed by atoms with Gasteiger partial charge in [0.1, 0.15) is 5.82 Å². The van der Waals surface area contributed by atoms with Crippen molar-refractivity contribution in [3.63, 3.8) is 0 Å². The lowest BCUT2D eigenvalue weighted by molar-refractivity contribution is -0.142. The molecular weight excluding hydrogens is 317 g/mol. The van der Waals surface area contributed by atoms with E-state index in [1.807, 2.05) is 47.4 Å². The van der Waals surface area contributed by atoms with Crippen molar-refractivity contribution in [3.05, 3.63) is 71.5 Å². The Morgan fingerprint density at radius 3 is 2.52 bits per heavy atom. The van der Waals surface area contributed by atoms with Crippen LogP contribution in [-0.2, 0) is 22.4 Å². The molecule has 2 aromatic rings. The molecule has 0 saturated carbocycles. The highest BCUT2D eigenvalue weighted by Gasteiger charge is 2.50. The minimum absolute atomic E-state index is 0.122. The standard InChI is InChI=1S/C21H22FNO2/c22-18-8-6-17(7-9-18)10-19-12-21(15-25-19)13-23(14-21)20(24)11-16-4-2-1-3-5-16/h1-9,19H,10-15H2/t19-/m1/s1. The molecule has 2 heterocycles. The van der Waals surface area contributed by atoms with Crippen LogP contribution in [0, 0.1) is 11.2 Å². The average molecular weight is 339 g/mol. The Morgan fingerprint density at radius 1 is 1.08 bits per heavy atom. The summed E-state index contributed by atoms with van der Waals surface area (Å²) in [6.07, 6.45) is 2.41. The molecule has 4 rings (SSSR count). The lowest BCUT2D eigenvalue weighted by atomic mass is 9.77. The number of halogens is 1. The molecule has 0 N–H and O–H groups in total. The Bertz CT molecular complexity index is 738. The van der Waals surface area contributed by atoms with Gasteiger partial charge in [0.25, 0.3) is 0 Å². The molecule has 0 aliphatic carbocycles. The second kappa shape index (κ2) is 6.60. The van der Waals surface area contributed by atoms with E-state index in [1.54, 1.807) is 0 Å². The minimum Gasteiger partial charge on any atom is -0.377 e. The molecule has 25 heavy (non-hydrogen) atoms. The molecule has 2 aliphatic heterocycles. The van der Waals surface area contributed by atoms with Crippen LogP contribution in [0.3, 0.4) is 0 Å². The van der Waals surface area contributed by atoms with Gasteiger partial charge in [0.2, 0.25) is 5.91 Å². The summed E-state index contributed by atoms with van der Waals surface area (Å²) in [5, 5.41) is 0. The molecule has 0 radical (unpaired) electrons. The molecule has 1 spiro atoms. The van der Waals surface area contributed by atoms with Crippen molar-refractivity contribution in [3.8, 4) is 0 Å². The minimum atomic E-state index is -0.209.